The van der Waals surface area contributed by atoms with Crippen molar-refractivity contribution in [2.75, 3.05) is 0 Å². The number of nitrogens with two attached hydrogens (primary N) is 1. The molecular formula is C12H13N3O. The van der Waals surface area contributed by atoms with E-state index in [0.717, 1.165) is 5.56 Å². The second kappa shape index (κ2) is 4.72. The Balaban J connectivity index is 2.17. The molecule has 4 nitrogen and oxygen atoms in total. The molecule has 1 aromatic heterocycles. The van der Waals surface area contributed by atoms with Gasteiger partial charge in [-0.1, -0.05) is 30.3 Å². The first-order valence-electron chi connectivity index (χ1n) is 5.10. The molecule has 0 fully saturated rings. The minimum Gasteiger partial charge on any atom is -0.322 e. The second-order valence-electron chi connectivity index (χ2n) is 3.56. The lowest BCUT2D eigenvalue weighted by Gasteiger charge is -2.12. The monoisotopic (exact) mass is 215 g/mol. The smallest absolute Gasteiger partial charge is 0.266 e. The minimum atomic E-state index is -0.214. The van der Waals surface area contributed by atoms with E-state index in [1.807, 2.05) is 30.3 Å². The van der Waals surface area contributed by atoms with E-state index in [9.17, 15) is 4.79 Å². The fourth-order valence-electron chi connectivity index (χ4n) is 1.52. The van der Waals surface area contributed by atoms with Crippen molar-refractivity contribution in [2.45, 2.75) is 12.6 Å². The number of aromatic nitrogens is 2. The van der Waals surface area contributed by atoms with Crippen LogP contribution in [0.4, 0.5) is 0 Å². The van der Waals surface area contributed by atoms with Gasteiger partial charge in [0.25, 0.3) is 5.56 Å². The van der Waals surface area contributed by atoms with Gasteiger partial charge in [0.2, 0.25) is 0 Å². The highest BCUT2D eigenvalue weighted by Gasteiger charge is 2.07. The topological polar surface area (TPSA) is 60.9 Å². The van der Waals surface area contributed by atoms with Gasteiger partial charge in [-0.3, -0.25) is 4.79 Å². The predicted molar refractivity (Wildman–Crippen MR) is 61.9 cm³/mol. The van der Waals surface area contributed by atoms with E-state index < -0.39 is 0 Å². The fourth-order valence-corrected chi connectivity index (χ4v) is 1.52. The highest BCUT2D eigenvalue weighted by Crippen LogP contribution is 2.09. The fraction of sp³-hybridized carbons (Fsp3) is 0.167. The normalized spacial score (nSPS) is 12.3. The lowest BCUT2D eigenvalue weighted by Crippen LogP contribution is -2.27. The van der Waals surface area contributed by atoms with Crippen molar-refractivity contribution >= 4 is 0 Å². The summed E-state index contributed by atoms with van der Waals surface area (Å²) < 4.78 is 1.37. The van der Waals surface area contributed by atoms with Gasteiger partial charge in [0.1, 0.15) is 0 Å². The first-order chi connectivity index (χ1) is 7.77. The number of rotatable bonds is 3. The summed E-state index contributed by atoms with van der Waals surface area (Å²) in [6, 6.07) is 12.6. The maximum atomic E-state index is 11.4. The average molecular weight is 215 g/mol. The van der Waals surface area contributed by atoms with E-state index in [2.05, 4.69) is 5.10 Å². The van der Waals surface area contributed by atoms with Crippen LogP contribution >= 0.6 is 0 Å². The van der Waals surface area contributed by atoms with Crippen LogP contribution in [0.5, 0.6) is 0 Å². The highest BCUT2D eigenvalue weighted by atomic mass is 16.1. The first kappa shape index (κ1) is 10.6. The van der Waals surface area contributed by atoms with Gasteiger partial charge in [-0.05, 0) is 11.6 Å². The quantitative estimate of drug-likeness (QED) is 0.829. The van der Waals surface area contributed by atoms with Gasteiger partial charge < -0.3 is 5.73 Å². The van der Waals surface area contributed by atoms with E-state index >= 15 is 0 Å². The zero-order valence-corrected chi connectivity index (χ0v) is 8.78. The van der Waals surface area contributed by atoms with E-state index in [1.54, 1.807) is 12.3 Å². The maximum absolute atomic E-state index is 11.4. The van der Waals surface area contributed by atoms with Gasteiger partial charge in [-0.15, -0.1) is 0 Å². The van der Waals surface area contributed by atoms with Crippen LogP contribution in [0.2, 0.25) is 0 Å². The second-order valence-corrected chi connectivity index (χ2v) is 3.56. The Morgan fingerprint density at radius 1 is 1.19 bits per heavy atom. The largest absolute Gasteiger partial charge is 0.322 e. The lowest BCUT2D eigenvalue weighted by molar-refractivity contribution is 0.504. The molecule has 0 bridgehead atoms. The van der Waals surface area contributed by atoms with Crippen molar-refractivity contribution < 1.29 is 0 Å². The molecule has 1 unspecified atom stereocenters. The minimum absolute atomic E-state index is 0.131. The standard InChI is InChI=1S/C12H13N3O/c13-11(10-5-2-1-3-6-10)9-15-12(16)7-4-8-14-15/h1-8,11H,9,13H2. The molecule has 1 heterocycles. The molecule has 82 valence electrons. The van der Waals surface area contributed by atoms with Gasteiger partial charge in [-0.2, -0.15) is 5.10 Å². The molecule has 2 rings (SSSR count). The van der Waals surface area contributed by atoms with Crippen molar-refractivity contribution in [2.24, 2.45) is 5.73 Å². The van der Waals surface area contributed by atoms with E-state index in [4.69, 9.17) is 5.73 Å². The molecular weight excluding hydrogens is 202 g/mol. The molecule has 0 saturated heterocycles. The van der Waals surface area contributed by atoms with Crippen LogP contribution in [0, 0.1) is 0 Å². The molecule has 0 amide bonds. The summed E-state index contributed by atoms with van der Waals surface area (Å²) in [6.45, 7) is 0.393. The number of hydrogen-bond acceptors (Lipinski definition) is 3. The van der Waals surface area contributed by atoms with Crippen LogP contribution in [-0.4, -0.2) is 9.78 Å². The van der Waals surface area contributed by atoms with Crippen LogP contribution in [0.15, 0.2) is 53.5 Å². The summed E-state index contributed by atoms with van der Waals surface area (Å²) in [5, 5.41) is 3.97. The van der Waals surface area contributed by atoms with Crippen molar-refractivity contribution in [3.8, 4) is 0 Å². The molecule has 0 saturated carbocycles. The average Bonchev–Trinajstić information content (AvgIpc) is 2.33. The molecule has 4 heteroatoms. The Labute approximate surface area is 93.3 Å². The van der Waals surface area contributed by atoms with Crippen molar-refractivity contribution in [1.29, 1.82) is 0 Å². The van der Waals surface area contributed by atoms with Gasteiger partial charge in [-0.25, -0.2) is 4.68 Å². The summed E-state index contributed by atoms with van der Waals surface area (Å²) in [4.78, 5) is 11.4. The van der Waals surface area contributed by atoms with E-state index in [1.165, 1.54) is 10.7 Å². The van der Waals surface area contributed by atoms with E-state index in [-0.39, 0.29) is 11.6 Å². The van der Waals surface area contributed by atoms with E-state index in [0.29, 0.717) is 6.54 Å². The van der Waals surface area contributed by atoms with Gasteiger partial charge >= 0.3 is 0 Å². The molecule has 16 heavy (non-hydrogen) atoms. The molecule has 0 spiro atoms. The molecule has 1 aromatic carbocycles. The Morgan fingerprint density at radius 2 is 1.94 bits per heavy atom. The van der Waals surface area contributed by atoms with Crippen LogP contribution < -0.4 is 11.3 Å². The molecule has 2 aromatic rings. The van der Waals surface area contributed by atoms with Crippen molar-refractivity contribution in [3.63, 3.8) is 0 Å². The number of nitrogens with zero attached hydrogens (tertiary/aromatic N) is 2. The molecule has 0 aliphatic rings. The molecule has 1 atom stereocenters. The van der Waals surface area contributed by atoms with Crippen molar-refractivity contribution in [3.05, 3.63) is 64.6 Å². The summed E-state index contributed by atoms with van der Waals surface area (Å²) in [7, 11) is 0. The number of hydrogen-bond donors (Lipinski definition) is 1. The van der Waals surface area contributed by atoms with Gasteiger partial charge in [0.05, 0.1) is 6.54 Å². The van der Waals surface area contributed by atoms with Crippen LogP contribution in [0.3, 0.4) is 0 Å². The zero-order chi connectivity index (χ0) is 11.4. The van der Waals surface area contributed by atoms with Crippen molar-refractivity contribution in [1.82, 2.24) is 9.78 Å². The Kier molecular flexibility index (Phi) is 3.12. The van der Waals surface area contributed by atoms with Gasteiger partial charge in [0, 0.05) is 18.3 Å². The molecule has 2 N–H and O–H groups in total. The lowest BCUT2D eigenvalue weighted by atomic mass is 10.1. The first-order valence-corrected chi connectivity index (χ1v) is 5.10. The van der Waals surface area contributed by atoms with Crippen LogP contribution in [-0.2, 0) is 6.54 Å². The third-order valence-electron chi connectivity index (χ3n) is 2.38. The zero-order valence-electron chi connectivity index (χ0n) is 8.78. The predicted octanol–water partition coefficient (Wildman–Crippen LogP) is 0.943. The summed E-state index contributed by atoms with van der Waals surface area (Å²) in [5.74, 6) is 0. The summed E-state index contributed by atoms with van der Waals surface area (Å²) in [5.41, 5.74) is 6.87. The summed E-state index contributed by atoms with van der Waals surface area (Å²) in [6.07, 6.45) is 1.58. The molecule has 0 aliphatic carbocycles. The Hall–Kier alpha value is -1.94. The summed E-state index contributed by atoms with van der Waals surface area (Å²) >= 11 is 0. The highest BCUT2D eigenvalue weighted by molar-refractivity contribution is 5.18. The number of benzene rings is 1. The third kappa shape index (κ3) is 2.35. The third-order valence-corrected chi connectivity index (χ3v) is 2.38. The molecule has 0 aliphatic heterocycles. The maximum Gasteiger partial charge on any atom is 0.266 e. The van der Waals surface area contributed by atoms with Crippen LogP contribution in [0.25, 0.3) is 0 Å². The Bertz CT molecular complexity index is 507. The Morgan fingerprint density at radius 3 is 2.62 bits per heavy atom. The SMILES string of the molecule is NC(Cn1ncccc1=O)c1ccccc1. The van der Waals surface area contributed by atoms with Gasteiger partial charge in [0.15, 0.2) is 0 Å². The molecule has 0 radical (unpaired) electrons. The van der Waals surface area contributed by atoms with Crippen LogP contribution in [0.1, 0.15) is 11.6 Å².